The number of benzene rings is 1. The molecule has 0 amide bonds. The van der Waals surface area contributed by atoms with E-state index in [9.17, 15) is 0 Å². The molecule has 0 spiro atoms. The predicted octanol–water partition coefficient (Wildman–Crippen LogP) is 2.64. The van der Waals surface area contributed by atoms with Gasteiger partial charge in [0.2, 0.25) is 0 Å². The van der Waals surface area contributed by atoms with Crippen molar-refractivity contribution >= 4 is 0 Å². The second kappa shape index (κ2) is 8.74. The number of hydrogen-bond donors (Lipinski definition) is 1. The molecule has 0 atom stereocenters. The second-order valence-electron chi connectivity index (χ2n) is 4.45. The third-order valence-electron chi connectivity index (χ3n) is 3.02. The molecule has 0 radical (unpaired) electrons. The van der Waals surface area contributed by atoms with Crippen LogP contribution in [0.3, 0.4) is 0 Å². The van der Waals surface area contributed by atoms with E-state index in [1.54, 1.807) is 0 Å². The molecule has 0 aromatic heterocycles. The first-order valence-corrected chi connectivity index (χ1v) is 6.75. The number of hydrogen-bond acceptors (Lipinski definition) is 2. The number of nitrogens with one attached hydrogen (secondary N) is 1. The van der Waals surface area contributed by atoms with E-state index in [4.69, 9.17) is 6.42 Å². The molecule has 0 unspecified atom stereocenters. The fourth-order valence-electron chi connectivity index (χ4n) is 1.93. The minimum absolute atomic E-state index is 0.715. The summed E-state index contributed by atoms with van der Waals surface area (Å²) in [5.74, 6) is 2.72. The number of rotatable bonds is 8. The van der Waals surface area contributed by atoms with Crippen LogP contribution in [0.4, 0.5) is 0 Å². The van der Waals surface area contributed by atoms with Crippen molar-refractivity contribution in [1.29, 1.82) is 0 Å². The zero-order valence-electron chi connectivity index (χ0n) is 11.6. The molecular formula is C16H24N2. The van der Waals surface area contributed by atoms with Gasteiger partial charge >= 0.3 is 0 Å². The van der Waals surface area contributed by atoms with Crippen LogP contribution in [-0.2, 0) is 13.1 Å². The van der Waals surface area contributed by atoms with Crippen molar-refractivity contribution in [2.75, 3.05) is 19.6 Å². The molecule has 1 N–H and O–H groups in total. The maximum absolute atomic E-state index is 5.39. The zero-order valence-corrected chi connectivity index (χ0v) is 11.6. The summed E-state index contributed by atoms with van der Waals surface area (Å²) >= 11 is 0. The van der Waals surface area contributed by atoms with Gasteiger partial charge in [-0.25, -0.2) is 0 Å². The molecule has 1 rings (SSSR count). The SMILES string of the molecule is C#CCN(CC)Cc1ccccc1CNCCC. The smallest absolute Gasteiger partial charge is 0.0601 e. The van der Waals surface area contributed by atoms with Gasteiger partial charge in [-0.15, -0.1) is 6.42 Å². The van der Waals surface area contributed by atoms with Crippen molar-refractivity contribution in [3.05, 3.63) is 35.4 Å². The van der Waals surface area contributed by atoms with Crippen molar-refractivity contribution in [2.24, 2.45) is 0 Å². The molecular weight excluding hydrogens is 220 g/mol. The molecule has 18 heavy (non-hydrogen) atoms. The molecule has 0 heterocycles. The topological polar surface area (TPSA) is 15.3 Å². The van der Waals surface area contributed by atoms with Crippen LogP contribution in [0.15, 0.2) is 24.3 Å². The molecule has 98 valence electrons. The first-order chi connectivity index (χ1) is 8.81. The van der Waals surface area contributed by atoms with E-state index >= 15 is 0 Å². The Labute approximate surface area is 111 Å². The van der Waals surface area contributed by atoms with Crippen LogP contribution in [-0.4, -0.2) is 24.5 Å². The van der Waals surface area contributed by atoms with Crippen LogP contribution in [0.25, 0.3) is 0 Å². The van der Waals surface area contributed by atoms with E-state index in [-0.39, 0.29) is 0 Å². The van der Waals surface area contributed by atoms with Crippen LogP contribution < -0.4 is 5.32 Å². The zero-order chi connectivity index (χ0) is 13.2. The van der Waals surface area contributed by atoms with Gasteiger partial charge in [0.05, 0.1) is 6.54 Å². The maximum atomic E-state index is 5.39. The molecule has 2 nitrogen and oxygen atoms in total. The maximum Gasteiger partial charge on any atom is 0.0601 e. The molecule has 2 heteroatoms. The van der Waals surface area contributed by atoms with E-state index < -0.39 is 0 Å². The molecule has 1 aromatic carbocycles. The Morgan fingerprint density at radius 3 is 2.56 bits per heavy atom. The van der Waals surface area contributed by atoms with E-state index in [1.165, 1.54) is 17.5 Å². The van der Waals surface area contributed by atoms with Gasteiger partial charge in [0.1, 0.15) is 0 Å². The van der Waals surface area contributed by atoms with Crippen molar-refractivity contribution in [1.82, 2.24) is 10.2 Å². The molecule has 0 aliphatic heterocycles. The fraction of sp³-hybridized carbons (Fsp3) is 0.500. The number of terminal acetylenes is 1. The highest BCUT2D eigenvalue weighted by Crippen LogP contribution is 2.11. The first-order valence-electron chi connectivity index (χ1n) is 6.75. The summed E-state index contributed by atoms with van der Waals surface area (Å²) in [6.45, 7) is 8.98. The van der Waals surface area contributed by atoms with Crippen molar-refractivity contribution < 1.29 is 0 Å². The van der Waals surface area contributed by atoms with E-state index in [0.717, 1.165) is 26.2 Å². The summed E-state index contributed by atoms with van der Waals surface area (Å²) in [6.07, 6.45) is 6.56. The van der Waals surface area contributed by atoms with Crippen LogP contribution in [0, 0.1) is 12.3 Å². The minimum atomic E-state index is 0.715. The Morgan fingerprint density at radius 2 is 1.94 bits per heavy atom. The van der Waals surface area contributed by atoms with Crippen molar-refractivity contribution in [2.45, 2.75) is 33.4 Å². The van der Waals surface area contributed by atoms with E-state index in [0.29, 0.717) is 6.54 Å². The predicted molar refractivity (Wildman–Crippen MR) is 78.2 cm³/mol. The molecule has 0 bridgehead atoms. The van der Waals surface area contributed by atoms with Crippen LogP contribution in [0.5, 0.6) is 0 Å². The monoisotopic (exact) mass is 244 g/mol. The molecule has 0 saturated carbocycles. The third-order valence-corrected chi connectivity index (χ3v) is 3.02. The van der Waals surface area contributed by atoms with Crippen LogP contribution in [0.2, 0.25) is 0 Å². The summed E-state index contributed by atoms with van der Waals surface area (Å²) in [5.41, 5.74) is 2.75. The van der Waals surface area contributed by atoms with Gasteiger partial charge in [-0.2, -0.15) is 0 Å². The Hall–Kier alpha value is -1.30. The lowest BCUT2D eigenvalue weighted by Crippen LogP contribution is -2.24. The first kappa shape index (κ1) is 14.8. The van der Waals surface area contributed by atoms with Crippen LogP contribution >= 0.6 is 0 Å². The quantitative estimate of drug-likeness (QED) is 0.558. The van der Waals surface area contributed by atoms with Gasteiger partial charge in [-0.3, -0.25) is 4.90 Å². The lowest BCUT2D eigenvalue weighted by atomic mass is 10.1. The Kier molecular flexibility index (Phi) is 7.17. The standard InChI is InChI=1S/C16H24N2/c1-4-11-17-13-15-9-7-8-10-16(15)14-18(6-3)12-5-2/h2,7-10,17H,4,6,11-14H2,1,3H3. The average Bonchev–Trinajstić information content (AvgIpc) is 2.40. The molecule has 1 aromatic rings. The highest BCUT2D eigenvalue weighted by molar-refractivity contribution is 5.27. The average molecular weight is 244 g/mol. The summed E-state index contributed by atoms with van der Waals surface area (Å²) in [4.78, 5) is 2.28. The highest BCUT2D eigenvalue weighted by Gasteiger charge is 2.06. The molecule has 0 aliphatic rings. The van der Waals surface area contributed by atoms with Crippen LogP contribution in [0.1, 0.15) is 31.4 Å². The lowest BCUT2D eigenvalue weighted by molar-refractivity contribution is 0.315. The Morgan fingerprint density at radius 1 is 1.22 bits per heavy atom. The van der Waals surface area contributed by atoms with Gasteiger partial charge < -0.3 is 5.32 Å². The summed E-state index contributed by atoms with van der Waals surface area (Å²) in [6, 6.07) is 8.59. The van der Waals surface area contributed by atoms with Gasteiger partial charge in [-0.05, 0) is 30.6 Å². The largest absolute Gasteiger partial charge is 0.313 e. The van der Waals surface area contributed by atoms with Gasteiger partial charge in [-0.1, -0.05) is 44.0 Å². The minimum Gasteiger partial charge on any atom is -0.313 e. The van der Waals surface area contributed by atoms with Gasteiger partial charge in [0.25, 0.3) is 0 Å². The number of nitrogens with zero attached hydrogens (tertiary/aromatic N) is 1. The second-order valence-corrected chi connectivity index (χ2v) is 4.45. The highest BCUT2D eigenvalue weighted by atomic mass is 15.1. The molecule has 0 saturated heterocycles. The van der Waals surface area contributed by atoms with Crippen molar-refractivity contribution in [3.8, 4) is 12.3 Å². The summed E-state index contributed by atoms with van der Waals surface area (Å²) in [7, 11) is 0. The van der Waals surface area contributed by atoms with Gasteiger partial charge in [0, 0.05) is 13.1 Å². The normalized spacial score (nSPS) is 10.6. The Balaban J connectivity index is 2.66. The lowest BCUT2D eigenvalue weighted by Gasteiger charge is -2.19. The molecule has 0 fully saturated rings. The third kappa shape index (κ3) is 4.91. The van der Waals surface area contributed by atoms with E-state index in [1.807, 2.05) is 0 Å². The fourth-order valence-corrected chi connectivity index (χ4v) is 1.93. The Bertz CT molecular complexity index is 379. The summed E-state index contributed by atoms with van der Waals surface area (Å²) in [5, 5.41) is 3.46. The van der Waals surface area contributed by atoms with Gasteiger partial charge in [0.15, 0.2) is 0 Å². The summed E-state index contributed by atoms with van der Waals surface area (Å²) < 4.78 is 0. The van der Waals surface area contributed by atoms with E-state index in [2.05, 4.69) is 54.3 Å². The van der Waals surface area contributed by atoms with Crippen molar-refractivity contribution in [3.63, 3.8) is 0 Å². The molecule has 0 aliphatic carbocycles.